The van der Waals surface area contributed by atoms with Crippen LogP contribution in [-0.4, -0.2) is 59.2 Å². The van der Waals surface area contributed by atoms with E-state index in [0.717, 1.165) is 50.8 Å². The molecule has 33 heavy (non-hydrogen) atoms. The summed E-state index contributed by atoms with van der Waals surface area (Å²) in [6.07, 6.45) is 1.76. The van der Waals surface area contributed by atoms with Gasteiger partial charge in [-0.1, -0.05) is 11.6 Å². The molecular formula is C23H26ClN9. The van der Waals surface area contributed by atoms with Gasteiger partial charge in [0.2, 0.25) is 17.8 Å². The van der Waals surface area contributed by atoms with E-state index in [1.165, 1.54) is 0 Å². The maximum Gasteiger partial charge on any atom is 0.233 e. The van der Waals surface area contributed by atoms with E-state index in [4.69, 9.17) is 26.8 Å². The molecule has 2 aromatic heterocycles. The second kappa shape index (κ2) is 10.3. The van der Waals surface area contributed by atoms with Crippen molar-refractivity contribution in [2.75, 3.05) is 59.3 Å². The number of nitriles is 1. The third kappa shape index (κ3) is 5.23. The van der Waals surface area contributed by atoms with Crippen molar-refractivity contribution in [2.24, 2.45) is 0 Å². The smallest absolute Gasteiger partial charge is 0.233 e. The Labute approximate surface area is 198 Å². The van der Waals surface area contributed by atoms with Gasteiger partial charge in [0.25, 0.3) is 0 Å². The third-order valence-corrected chi connectivity index (χ3v) is 5.82. The molecule has 4 rings (SSSR count). The van der Waals surface area contributed by atoms with Crippen LogP contribution in [0, 0.1) is 11.3 Å². The summed E-state index contributed by atoms with van der Waals surface area (Å²) in [6.45, 7) is 8.76. The van der Waals surface area contributed by atoms with Gasteiger partial charge in [0.1, 0.15) is 5.82 Å². The van der Waals surface area contributed by atoms with E-state index in [9.17, 15) is 0 Å². The highest BCUT2D eigenvalue weighted by Gasteiger charge is 2.23. The second-order valence-electron chi connectivity index (χ2n) is 7.53. The van der Waals surface area contributed by atoms with Crippen LogP contribution in [0.15, 0.2) is 42.6 Å². The molecule has 0 atom stereocenters. The van der Waals surface area contributed by atoms with Gasteiger partial charge in [-0.05, 0) is 50.2 Å². The highest BCUT2D eigenvalue weighted by Crippen LogP contribution is 2.25. The lowest BCUT2D eigenvalue weighted by Gasteiger charge is -2.36. The van der Waals surface area contributed by atoms with Crippen molar-refractivity contribution < 1.29 is 0 Å². The average molecular weight is 464 g/mol. The molecule has 0 aliphatic carbocycles. The Morgan fingerprint density at radius 3 is 2.33 bits per heavy atom. The molecule has 0 saturated carbocycles. The van der Waals surface area contributed by atoms with E-state index >= 15 is 0 Å². The lowest BCUT2D eigenvalue weighted by Crippen LogP contribution is -2.47. The number of rotatable bonds is 7. The Morgan fingerprint density at radius 1 is 1.00 bits per heavy atom. The Hall–Kier alpha value is -3.64. The molecule has 3 aromatic rings. The molecule has 1 aliphatic rings. The van der Waals surface area contributed by atoms with Gasteiger partial charge in [-0.3, -0.25) is 0 Å². The van der Waals surface area contributed by atoms with E-state index in [-0.39, 0.29) is 0 Å². The first-order chi connectivity index (χ1) is 16.1. The number of aromatic nitrogens is 4. The van der Waals surface area contributed by atoms with E-state index in [2.05, 4.69) is 49.9 Å². The minimum absolute atomic E-state index is 0.474. The lowest BCUT2D eigenvalue weighted by molar-refractivity contribution is 0.632. The van der Waals surface area contributed by atoms with Crippen molar-refractivity contribution in [3.8, 4) is 6.07 Å². The molecule has 0 spiro atoms. The first-order valence-electron chi connectivity index (χ1n) is 11.0. The predicted molar refractivity (Wildman–Crippen MR) is 132 cm³/mol. The first kappa shape index (κ1) is 22.6. The van der Waals surface area contributed by atoms with Crippen LogP contribution >= 0.6 is 11.6 Å². The van der Waals surface area contributed by atoms with Gasteiger partial charge >= 0.3 is 0 Å². The number of halogens is 1. The fourth-order valence-electron chi connectivity index (χ4n) is 3.68. The van der Waals surface area contributed by atoms with Gasteiger partial charge in [-0.15, -0.1) is 0 Å². The summed E-state index contributed by atoms with van der Waals surface area (Å²) in [7, 11) is 0. The maximum atomic E-state index is 9.03. The molecule has 0 unspecified atom stereocenters. The molecule has 1 N–H and O–H groups in total. The number of hydrogen-bond donors (Lipinski definition) is 1. The summed E-state index contributed by atoms with van der Waals surface area (Å²) in [4.78, 5) is 25.0. The van der Waals surface area contributed by atoms with Gasteiger partial charge in [-0.25, -0.2) is 4.98 Å². The van der Waals surface area contributed by atoms with Crippen LogP contribution in [0.5, 0.6) is 0 Å². The van der Waals surface area contributed by atoms with Crippen molar-refractivity contribution in [2.45, 2.75) is 13.8 Å². The van der Waals surface area contributed by atoms with E-state index in [1.54, 1.807) is 18.3 Å². The van der Waals surface area contributed by atoms with Gasteiger partial charge in [0.15, 0.2) is 0 Å². The number of anilines is 5. The van der Waals surface area contributed by atoms with E-state index in [1.807, 2.05) is 24.3 Å². The van der Waals surface area contributed by atoms with Crippen molar-refractivity contribution in [3.63, 3.8) is 0 Å². The number of hydrogen-bond acceptors (Lipinski definition) is 9. The van der Waals surface area contributed by atoms with Gasteiger partial charge in [-0.2, -0.15) is 20.2 Å². The van der Waals surface area contributed by atoms with Crippen molar-refractivity contribution in [1.82, 2.24) is 19.9 Å². The monoisotopic (exact) mass is 463 g/mol. The standard InChI is InChI=1S/C23H26ClN9/c1-3-31(4-2)22-28-21(27-18-9-7-17(16-25)8-10-18)29-23(30-22)33-14-12-32(13-15-33)20-19(24)6-5-11-26-20/h5-11H,3-4,12-15H2,1-2H3,(H,27,28,29,30). The van der Waals surface area contributed by atoms with Crippen LogP contribution < -0.4 is 20.0 Å². The minimum atomic E-state index is 0.474. The molecule has 0 amide bonds. The van der Waals surface area contributed by atoms with Crippen LogP contribution in [0.1, 0.15) is 19.4 Å². The molecule has 9 nitrogen and oxygen atoms in total. The maximum absolute atomic E-state index is 9.03. The van der Waals surface area contributed by atoms with Crippen LogP contribution in [0.25, 0.3) is 0 Å². The first-order valence-corrected chi connectivity index (χ1v) is 11.4. The summed E-state index contributed by atoms with van der Waals surface area (Å²) in [5.41, 5.74) is 1.41. The molecule has 0 radical (unpaired) electrons. The lowest BCUT2D eigenvalue weighted by atomic mass is 10.2. The summed E-state index contributed by atoms with van der Waals surface area (Å²) in [5, 5.41) is 12.9. The molecular weight excluding hydrogens is 438 g/mol. The quantitative estimate of drug-likeness (QED) is 0.562. The van der Waals surface area contributed by atoms with Crippen molar-refractivity contribution in [3.05, 3.63) is 53.2 Å². The number of nitrogens with one attached hydrogen (secondary N) is 1. The minimum Gasteiger partial charge on any atom is -0.352 e. The van der Waals surface area contributed by atoms with Gasteiger partial charge < -0.3 is 20.0 Å². The fraction of sp³-hybridized carbons (Fsp3) is 0.348. The molecule has 1 aliphatic heterocycles. The predicted octanol–water partition coefficient (Wildman–Crippen LogP) is 3.71. The SMILES string of the molecule is CCN(CC)c1nc(Nc2ccc(C#N)cc2)nc(N2CCN(c3ncccc3Cl)CC2)n1. The molecule has 10 heteroatoms. The Kier molecular flexibility index (Phi) is 7.05. The molecule has 170 valence electrons. The van der Waals surface area contributed by atoms with Gasteiger partial charge in [0.05, 0.1) is 16.7 Å². The van der Waals surface area contributed by atoms with Crippen LogP contribution in [-0.2, 0) is 0 Å². The van der Waals surface area contributed by atoms with Crippen molar-refractivity contribution >= 4 is 41.0 Å². The summed E-state index contributed by atoms with van der Waals surface area (Å²) >= 11 is 6.33. The number of pyridine rings is 1. The molecule has 1 saturated heterocycles. The molecule has 1 fully saturated rings. The number of piperazine rings is 1. The normalized spacial score (nSPS) is 13.5. The molecule has 3 heterocycles. The fourth-order valence-corrected chi connectivity index (χ4v) is 3.93. The summed E-state index contributed by atoms with van der Waals surface area (Å²) in [6, 6.07) is 13.0. The zero-order valence-corrected chi connectivity index (χ0v) is 19.5. The van der Waals surface area contributed by atoms with Gasteiger partial charge in [0, 0.05) is 51.2 Å². The van der Waals surface area contributed by atoms with E-state index in [0.29, 0.717) is 28.4 Å². The Morgan fingerprint density at radius 2 is 1.70 bits per heavy atom. The van der Waals surface area contributed by atoms with Crippen LogP contribution in [0.3, 0.4) is 0 Å². The van der Waals surface area contributed by atoms with Crippen LogP contribution in [0.4, 0.5) is 29.4 Å². The number of nitrogens with zero attached hydrogens (tertiary/aromatic N) is 8. The highest BCUT2D eigenvalue weighted by atomic mass is 35.5. The molecule has 0 bridgehead atoms. The Bertz CT molecular complexity index is 1120. The average Bonchev–Trinajstić information content (AvgIpc) is 2.86. The van der Waals surface area contributed by atoms with E-state index < -0.39 is 0 Å². The number of benzene rings is 1. The molecule has 1 aromatic carbocycles. The second-order valence-corrected chi connectivity index (χ2v) is 7.94. The highest BCUT2D eigenvalue weighted by molar-refractivity contribution is 6.32. The van der Waals surface area contributed by atoms with Crippen LogP contribution in [0.2, 0.25) is 5.02 Å². The Balaban J connectivity index is 1.56. The third-order valence-electron chi connectivity index (χ3n) is 5.53. The zero-order chi connectivity index (χ0) is 23.2. The summed E-state index contributed by atoms with van der Waals surface area (Å²) in [5.74, 6) is 2.55. The largest absolute Gasteiger partial charge is 0.352 e. The topological polar surface area (TPSA) is 97.1 Å². The van der Waals surface area contributed by atoms with Crippen molar-refractivity contribution in [1.29, 1.82) is 5.26 Å². The zero-order valence-electron chi connectivity index (χ0n) is 18.7. The summed E-state index contributed by atoms with van der Waals surface area (Å²) < 4.78 is 0.